The van der Waals surface area contributed by atoms with Crippen molar-refractivity contribution in [2.45, 2.75) is 51.6 Å². The summed E-state index contributed by atoms with van der Waals surface area (Å²) < 4.78 is 23.2. The molecule has 1 saturated heterocycles. The van der Waals surface area contributed by atoms with Gasteiger partial charge in [0.1, 0.15) is 19.4 Å². The molecule has 8 nitrogen and oxygen atoms in total. The Kier molecular flexibility index (Phi) is 9.48. The van der Waals surface area contributed by atoms with Crippen molar-refractivity contribution in [3.63, 3.8) is 0 Å². The summed E-state index contributed by atoms with van der Waals surface area (Å²) >= 11 is 0. The van der Waals surface area contributed by atoms with Gasteiger partial charge in [0.25, 0.3) is 0 Å². The Morgan fingerprint density at radius 1 is 0.868 bits per heavy atom. The number of carbonyl (C=O) groups is 2. The first-order valence-electron chi connectivity index (χ1n) is 12.6. The van der Waals surface area contributed by atoms with Gasteiger partial charge in [-0.25, -0.2) is 9.59 Å². The predicted octanol–water partition coefficient (Wildman–Crippen LogP) is 4.77. The quantitative estimate of drug-likeness (QED) is 0.322. The van der Waals surface area contributed by atoms with Gasteiger partial charge in [0.15, 0.2) is 12.4 Å². The van der Waals surface area contributed by atoms with Crippen molar-refractivity contribution in [2.75, 3.05) is 6.73 Å². The zero-order chi connectivity index (χ0) is 26.9. The van der Waals surface area contributed by atoms with E-state index in [0.717, 1.165) is 11.1 Å². The first-order valence-corrected chi connectivity index (χ1v) is 12.6. The van der Waals surface area contributed by atoms with Crippen LogP contribution in [0, 0.1) is 5.92 Å². The lowest BCUT2D eigenvalue weighted by atomic mass is 9.91. The van der Waals surface area contributed by atoms with Crippen LogP contribution >= 0.6 is 0 Å². The van der Waals surface area contributed by atoms with Gasteiger partial charge in [-0.3, -0.25) is 4.90 Å². The lowest BCUT2D eigenvalue weighted by Crippen LogP contribution is -2.56. The molecule has 3 aromatic rings. The number of benzene rings is 3. The molecule has 200 valence electrons. The molecule has 38 heavy (non-hydrogen) atoms. The maximum absolute atomic E-state index is 13.1. The van der Waals surface area contributed by atoms with Gasteiger partial charge in [-0.1, -0.05) is 85.8 Å². The molecule has 0 bridgehead atoms. The molecule has 0 spiro atoms. The Hall–Kier alpha value is -3.72. The second-order valence-corrected chi connectivity index (χ2v) is 9.31. The topological polar surface area (TPSA) is 94.5 Å². The van der Waals surface area contributed by atoms with Crippen LogP contribution in [0.3, 0.4) is 0 Å². The van der Waals surface area contributed by atoms with Gasteiger partial charge in [-0.05, 0) is 30.2 Å². The van der Waals surface area contributed by atoms with E-state index < -0.39 is 30.6 Å². The largest absolute Gasteiger partial charge is 0.451 e. The van der Waals surface area contributed by atoms with Gasteiger partial charge in [-0.2, -0.15) is 0 Å². The summed E-state index contributed by atoms with van der Waals surface area (Å²) in [4.78, 5) is 27.2. The molecule has 0 saturated carbocycles. The van der Waals surface area contributed by atoms with E-state index in [0.29, 0.717) is 5.56 Å². The Labute approximate surface area is 222 Å². The fourth-order valence-corrected chi connectivity index (χ4v) is 4.12. The molecule has 1 fully saturated rings. The van der Waals surface area contributed by atoms with Crippen LogP contribution in [0.2, 0.25) is 0 Å². The van der Waals surface area contributed by atoms with E-state index in [4.69, 9.17) is 18.9 Å². The van der Waals surface area contributed by atoms with Crippen molar-refractivity contribution in [1.29, 1.82) is 0 Å². The molecule has 0 aliphatic carbocycles. The SMILES string of the molecule is CC1O[C@@H](OCN(Cc2ccccc2)C(=O)OCc2ccccc2)C(OC(=O)c2ccccc2)[C@@H](O)[C@H]1C. The highest BCUT2D eigenvalue weighted by atomic mass is 16.7. The highest BCUT2D eigenvalue weighted by Gasteiger charge is 2.45. The summed E-state index contributed by atoms with van der Waals surface area (Å²) in [7, 11) is 0. The molecule has 3 aromatic carbocycles. The molecule has 0 aromatic heterocycles. The monoisotopic (exact) mass is 519 g/mol. The highest BCUT2D eigenvalue weighted by Crippen LogP contribution is 2.29. The van der Waals surface area contributed by atoms with Gasteiger partial charge >= 0.3 is 12.1 Å². The van der Waals surface area contributed by atoms with Crippen molar-refractivity contribution < 1.29 is 33.6 Å². The van der Waals surface area contributed by atoms with E-state index >= 15 is 0 Å². The molecule has 0 radical (unpaired) electrons. The third-order valence-electron chi connectivity index (χ3n) is 6.56. The first-order chi connectivity index (χ1) is 18.4. The average Bonchev–Trinajstić information content (AvgIpc) is 2.96. The van der Waals surface area contributed by atoms with E-state index in [1.54, 1.807) is 30.3 Å². The molecule has 1 heterocycles. The Morgan fingerprint density at radius 3 is 2.08 bits per heavy atom. The number of nitrogens with zero attached hydrogens (tertiary/aromatic N) is 1. The summed E-state index contributed by atoms with van der Waals surface area (Å²) in [5.74, 6) is -0.906. The van der Waals surface area contributed by atoms with Crippen LogP contribution < -0.4 is 0 Å². The molecule has 1 aliphatic rings. The Bertz CT molecular complexity index is 1160. The molecular weight excluding hydrogens is 486 g/mol. The lowest BCUT2D eigenvalue weighted by molar-refractivity contribution is -0.286. The summed E-state index contributed by atoms with van der Waals surface area (Å²) in [6.45, 7) is 3.76. The van der Waals surface area contributed by atoms with Gasteiger partial charge in [0.05, 0.1) is 18.2 Å². The number of esters is 1. The van der Waals surface area contributed by atoms with E-state index in [1.165, 1.54) is 4.90 Å². The number of hydrogen-bond acceptors (Lipinski definition) is 7. The van der Waals surface area contributed by atoms with Crippen molar-refractivity contribution in [1.82, 2.24) is 4.90 Å². The molecule has 1 aliphatic heterocycles. The minimum Gasteiger partial charge on any atom is -0.451 e. The van der Waals surface area contributed by atoms with E-state index in [-0.39, 0.29) is 31.9 Å². The maximum Gasteiger partial charge on any atom is 0.412 e. The summed E-state index contributed by atoms with van der Waals surface area (Å²) in [6.07, 6.45) is -4.15. The van der Waals surface area contributed by atoms with Gasteiger partial charge < -0.3 is 24.1 Å². The Morgan fingerprint density at radius 2 is 1.45 bits per heavy atom. The molecule has 2 unspecified atom stereocenters. The lowest BCUT2D eigenvalue weighted by Gasteiger charge is -2.42. The zero-order valence-corrected chi connectivity index (χ0v) is 21.5. The molecule has 5 atom stereocenters. The fraction of sp³-hybridized carbons (Fsp3) is 0.333. The third kappa shape index (κ3) is 7.19. The minimum atomic E-state index is -1.09. The van der Waals surface area contributed by atoms with Gasteiger partial charge in [0.2, 0.25) is 0 Å². The number of amides is 1. The Balaban J connectivity index is 1.47. The number of carbonyl (C=O) groups excluding carboxylic acids is 2. The van der Waals surface area contributed by atoms with Crippen LogP contribution in [0.1, 0.15) is 35.3 Å². The molecular formula is C30H33NO7. The normalized spacial score (nSPS) is 22.9. The van der Waals surface area contributed by atoms with Gasteiger partial charge in [0, 0.05) is 5.92 Å². The summed E-state index contributed by atoms with van der Waals surface area (Å²) in [5.41, 5.74) is 2.09. The van der Waals surface area contributed by atoms with Gasteiger partial charge in [-0.15, -0.1) is 0 Å². The second kappa shape index (κ2) is 13.2. The first kappa shape index (κ1) is 27.3. The van der Waals surface area contributed by atoms with Crippen molar-refractivity contribution in [3.05, 3.63) is 108 Å². The summed E-state index contributed by atoms with van der Waals surface area (Å²) in [6, 6.07) is 27.3. The number of aliphatic hydroxyl groups excluding tert-OH is 1. The molecule has 1 amide bonds. The number of aliphatic hydroxyl groups is 1. The predicted molar refractivity (Wildman–Crippen MR) is 140 cm³/mol. The molecule has 8 heteroatoms. The third-order valence-corrected chi connectivity index (χ3v) is 6.56. The van der Waals surface area contributed by atoms with Crippen LogP contribution in [-0.2, 0) is 32.1 Å². The second-order valence-electron chi connectivity index (χ2n) is 9.31. The minimum absolute atomic E-state index is 0.107. The van der Waals surface area contributed by atoms with Crippen LogP contribution in [0.5, 0.6) is 0 Å². The van der Waals surface area contributed by atoms with E-state index in [9.17, 15) is 14.7 Å². The molecule has 1 N–H and O–H groups in total. The number of ether oxygens (including phenoxy) is 4. The van der Waals surface area contributed by atoms with Crippen LogP contribution in [0.15, 0.2) is 91.0 Å². The number of hydrogen-bond donors (Lipinski definition) is 1. The maximum atomic E-state index is 13.1. The zero-order valence-electron chi connectivity index (χ0n) is 21.5. The standard InChI is InChI=1S/C30H33NO7/c1-21-22(2)37-29(27(26(21)32)38-28(33)25-16-10-5-11-17-25)36-20-31(18-23-12-6-3-7-13-23)30(34)35-19-24-14-8-4-9-15-24/h3-17,21-22,26-27,29,32H,18-20H2,1-2H3/t21-,22?,26-,27?,29+/m0/s1. The van der Waals surface area contributed by atoms with Crippen LogP contribution in [0.4, 0.5) is 4.79 Å². The summed E-state index contributed by atoms with van der Waals surface area (Å²) in [5, 5.41) is 11.0. The van der Waals surface area contributed by atoms with Crippen molar-refractivity contribution in [2.24, 2.45) is 5.92 Å². The molecule has 4 rings (SSSR count). The van der Waals surface area contributed by atoms with Crippen molar-refractivity contribution in [3.8, 4) is 0 Å². The fourth-order valence-electron chi connectivity index (χ4n) is 4.12. The highest BCUT2D eigenvalue weighted by molar-refractivity contribution is 5.89. The van der Waals surface area contributed by atoms with E-state index in [2.05, 4.69) is 0 Å². The van der Waals surface area contributed by atoms with Crippen LogP contribution in [0.25, 0.3) is 0 Å². The number of rotatable bonds is 9. The van der Waals surface area contributed by atoms with Crippen molar-refractivity contribution >= 4 is 12.1 Å². The van der Waals surface area contributed by atoms with E-state index in [1.807, 2.05) is 74.5 Å². The smallest absolute Gasteiger partial charge is 0.412 e. The average molecular weight is 520 g/mol. The van der Waals surface area contributed by atoms with Crippen LogP contribution in [-0.4, -0.2) is 53.4 Å².